The van der Waals surface area contributed by atoms with E-state index in [0.717, 1.165) is 0 Å². The lowest BCUT2D eigenvalue weighted by Gasteiger charge is -2.29. The Bertz CT molecular complexity index is 714. The highest BCUT2D eigenvalue weighted by Crippen LogP contribution is 2.20. The van der Waals surface area contributed by atoms with Gasteiger partial charge >= 0.3 is 5.97 Å². The summed E-state index contributed by atoms with van der Waals surface area (Å²) in [5.41, 5.74) is 16.3. The molecule has 0 spiro atoms. The summed E-state index contributed by atoms with van der Waals surface area (Å²) in [6, 6.07) is -3.75. The van der Waals surface area contributed by atoms with E-state index >= 15 is 0 Å². The highest BCUT2D eigenvalue weighted by Gasteiger charge is 2.38. The predicted octanol–water partition coefficient (Wildman–Crippen LogP) is -2.00. The number of carboxylic acids is 1. The normalized spacial score (nSPS) is 18.5. The van der Waals surface area contributed by atoms with Crippen LogP contribution >= 0.6 is 12.6 Å². The highest BCUT2D eigenvalue weighted by molar-refractivity contribution is 7.80. The molecule has 4 unspecified atom stereocenters. The number of amides is 3. The van der Waals surface area contributed by atoms with E-state index in [1.165, 1.54) is 4.90 Å². The number of nitrogens with one attached hydrogen (secondary N) is 2. The van der Waals surface area contributed by atoms with Crippen molar-refractivity contribution in [3.63, 3.8) is 0 Å². The Balaban J connectivity index is 3.00. The molecular formula is C19H35N7O5S. The van der Waals surface area contributed by atoms with Gasteiger partial charge < -0.3 is 37.8 Å². The van der Waals surface area contributed by atoms with Gasteiger partial charge in [-0.2, -0.15) is 12.6 Å². The number of hydrogen-bond acceptors (Lipinski definition) is 7. The van der Waals surface area contributed by atoms with Gasteiger partial charge in [0.25, 0.3) is 0 Å². The monoisotopic (exact) mass is 473 g/mol. The van der Waals surface area contributed by atoms with Crippen molar-refractivity contribution in [1.82, 2.24) is 15.5 Å². The van der Waals surface area contributed by atoms with Crippen LogP contribution in [0.1, 0.15) is 39.5 Å². The molecule has 182 valence electrons. The van der Waals surface area contributed by atoms with Crippen molar-refractivity contribution in [1.29, 1.82) is 0 Å². The molecule has 9 N–H and O–H groups in total. The van der Waals surface area contributed by atoms with Crippen molar-refractivity contribution < 1.29 is 24.3 Å². The molecule has 1 aliphatic rings. The summed E-state index contributed by atoms with van der Waals surface area (Å²) in [5, 5.41) is 14.7. The largest absolute Gasteiger partial charge is 0.480 e. The number of hydrogen-bond donors (Lipinski definition) is 7. The number of nitrogens with two attached hydrogens (primary N) is 3. The lowest BCUT2D eigenvalue weighted by molar-refractivity contribution is -0.149. The molecule has 4 atom stereocenters. The van der Waals surface area contributed by atoms with Crippen molar-refractivity contribution in [3.8, 4) is 0 Å². The number of nitrogens with zero attached hydrogens (tertiary/aromatic N) is 2. The molecule has 0 aliphatic carbocycles. The van der Waals surface area contributed by atoms with Crippen molar-refractivity contribution in [3.05, 3.63) is 0 Å². The molecule has 1 saturated heterocycles. The molecule has 13 heteroatoms. The van der Waals surface area contributed by atoms with Crippen LogP contribution in [0.4, 0.5) is 0 Å². The second-order valence-corrected chi connectivity index (χ2v) is 8.42. The number of rotatable bonds is 12. The van der Waals surface area contributed by atoms with Crippen LogP contribution in [-0.4, -0.2) is 82.7 Å². The summed E-state index contributed by atoms with van der Waals surface area (Å²) < 4.78 is 0. The maximum absolute atomic E-state index is 13.1. The molecule has 0 aromatic rings. The first-order chi connectivity index (χ1) is 15.0. The molecule has 1 fully saturated rings. The minimum atomic E-state index is -1.09. The van der Waals surface area contributed by atoms with Crippen LogP contribution < -0.4 is 27.8 Å². The van der Waals surface area contributed by atoms with Crippen molar-refractivity contribution in [2.75, 3.05) is 18.8 Å². The van der Waals surface area contributed by atoms with Crippen LogP contribution in [0.2, 0.25) is 0 Å². The molecule has 3 amide bonds. The van der Waals surface area contributed by atoms with Gasteiger partial charge in [0, 0.05) is 18.8 Å². The van der Waals surface area contributed by atoms with E-state index in [4.69, 9.17) is 17.2 Å². The number of carboxylic acid groups (broad SMARTS) is 1. The average Bonchev–Trinajstić information content (AvgIpc) is 3.22. The summed E-state index contributed by atoms with van der Waals surface area (Å²) in [6.45, 7) is 4.02. The topological polar surface area (TPSA) is 206 Å². The number of guanidine groups is 1. The van der Waals surface area contributed by atoms with Crippen LogP contribution in [0.15, 0.2) is 4.99 Å². The number of thiol groups is 1. The Morgan fingerprint density at radius 1 is 1.19 bits per heavy atom. The molecule has 0 saturated carbocycles. The number of carbonyl (C=O) groups is 4. The van der Waals surface area contributed by atoms with E-state index in [1.54, 1.807) is 13.8 Å². The Labute approximate surface area is 193 Å². The minimum Gasteiger partial charge on any atom is -0.480 e. The number of aliphatic carboxylic acids is 1. The first-order valence-electron chi connectivity index (χ1n) is 10.5. The van der Waals surface area contributed by atoms with Gasteiger partial charge in [-0.3, -0.25) is 19.4 Å². The summed E-state index contributed by atoms with van der Waals surface area (Å²) >= 11 is 3.99. The third-order valence-electron chi connectivity index (χ3n) is 5.16. The van der Waals surface area contributed by atoms with Crippen LogP contribution in [0.3, 0.4) is 0 Å². The standard InChI is InChI=1S/C19H35N7O5S/c1-10(2)14(25-15(27)11(20)9-32)16(28)24-12(5-3-7-23-19(21)22)17(29)26-8-4-6-13(26)18(30)31/h10-14,32H,3-9,20H2,1-2H3,(H,24,28)(H,25,27)(H,30,31)(H4,21,22,23). The molecule has 12 nitrogen and oxygen atoms in total. The molecule has 0 bridgehead atoms. The fraction of sp³-hybridized carbons (Fsp3) is 0.737. The molecular weight excluding hydrogens is 438 g/mol. The van der Waals surface area contributed by atoms with E-state index in [9.17, 15) is 24.3 Å². The van der Waals surface area contributed by atoms with E-state index < -0.39 is 47.9 Å². The molecule has 1 aliphatic heterocycles. The highest BCUT2D eigenvalue weighted by atomic mass is 32.1. The average molecular weight is 474 g/mol. The lowest BCUT2D eigenvalue weighted by atomic mass is 10.0. The van der Waals surface area contributed by atoms with E-state index in [2.05, 4.69) is 28.3 Å². The summed E-state index contributed by atoms with van der Waals surface area (Å²) in [4.78, 5) is 54.9. The van der Waals surface area contributed by atoms with Gasteiger partial charge in [0.05, 0.1) is 6.04 Å². The van der Waals surface area contributed by atoms with Crippen LogP contribution in [0.25, 0.3) is 0 Å². The first-order valence-corrected chi connectivity index (χ1v) is 11.2. The lowest BCUT2D eigenvalue weighted by Crippen LogP contribution is -2.58. The Hall–Kier alpha value is -2.54. The van der Waals surface area contributed by atoms with Crippen LogP contribution in [-0.2, 0) is 19.2 Å². The SMILES string of the molecule is CC(C)C(NC(=O)C(N)CS)C(=O)NC(CCCN=C(N)N)C(=O)N1CCCC1C(=O)O. The molecule has 0 aromatic heterocycles. The zero-order valence-corrected chi connectivity index (χ0v) is 19.4. The zero-order valence-electron chi connectivity index (χ0n) is 18.5. The predicted molar refractivity (Wildman–Crippen MR) is 123 cm³/mol. The Morgan fingerprint density at radius 3 is 2.38 bits per heavy atom. The molecule has 0 aromatic carbocycles. The van der Waals surface area contributed by atoms with Gasteiger partial charge in [-0.05, 0) is 31.6 Å². The number of likely N-dealkylation sites (tertiary alicyclic amines) is 1. The van der Waals surface area contributed by atoms with Gasteiger partial charge in [0.2, 0.25) is 17.7 Å². The van der Waals surface area contributed by atoms with E-state index in [1.807, 2.05) is 0 Å². The number of carbonyl (C=O) groups excluding carboxylic acids is 3. The van der Waals surface area contributed by atoms with E-state index in [0.29, 0.717) is 19.3 Å². The van der Waals surface area contributed by atoms with Gasteiger partial charge in [0.15, 0.2) is 5.96 Å². The van der Waals surface area contributed by atoms with Gasteiger partial charge in [-0.1, -0.05) is 13.8 Å². The molecule has 32 heavy (non-hydrogen) atoms. The first kappa shape index (κ1) is 27.5. The third-order valence-corrected chi connectivity index (χ3v) is 5.55. The maximum atomic E-state index is 13.1. The Kier molecular flexibility index (Phi) is 11.3. The van der Waals surface area contributed by atoms with Gasteiger partial charge in [-0.15, -0.1) is 0 Å². The number of aliphatic imine (C=N–C) groups is 1. The minimum absolute atomic E-state index is 0.0921. The smallest absolute Gasteiger partial charge is 0.326 e. The van der Waals surface area contributed by atoms with Crippen molar-refractivity contribution >= 4 is 42.3 Å². The summed E-state index contributed by atoms with van der Waals surface area (Å²) in [6.07, 6.45) is 1.48. The van der Waals surface area contributed by atoms with Crippen LogP contribution in [0, 0.1) is 5.92 Å². The maximum Gasteiger partial charge on any atom is 0.326 e. The van der Waals surface area contributed by atoms with Gasteiger partial charge in [0.1, 0.15) is 18.1 Å². The second kappa shape index (κ2) is 13.1. The quantitative estimate of drug-likeness (QED) is 0.0728. The summed E-state index contributed by atoms with van der Waals surface area (Å²) in [7, 11) is 0. The van der Waals surface area contributed by atoms with Crippen molar-refractivity contribution in [2.45, 2.75) is 63.7 Å². The van der Waals surface area contributed by atoms with E-state index in [-0.39, 0.29) is 37.1 Å². The molecule has 1 heterocycles. The fourth-order valence-corrected chi connectivity index (χ4v) is 3.55. The fourth-order valence-electron chi connectivity index (χ4n) is 3.39. The second-order valence-electron chi connectivity index (χ2n) is 8.06. The zero-order chi connectivity index (χ0) is 24.4. The molecule has 1 rings (SSSR count). The molecule has 0 radical (unpaired) electrons. The summed E-state index contributed by atoms with van der Waals surface area (Å²) in [5.74, 6) is -2.95. The Morgan fingerprint density at radius 2 is 1.84 bits per heavy atom. The van der Waals surface area contributed by atoms with Crippen molar-refractivity contribution in [2.24, 2.45) is 28.1 Å². The van der Waals surface area contributed by atoms with Gasteiger partial charge in [-0.25, -0.2) is 4.79 Å². The third kappa shape index (κ3) is 8.19. The van der Waals surface area contributed by atoms with Crippen LogP contribution in [0.5, 0.6) is 0 Å².